The van der Waals surface area contributed by atoms with Crippen molar-refractivity contribution in [2.75, 3.05) is 26.4 Å². The first kappa shape index (κ1) is 15.4. The molecule has 2 N–H and O–H groups in total. The Bertz CT molecular complexity index is 59.2. The summed E-state index contributed by atoms with van der Waals surface area (Å²) in [6.45, 7) is 6.37. The van der Waals surface area contributed by atoms with E-state index in [0.717, 1.165) is 19.6 Å². The molecule has 3 heteroatoms. The van der Waals surface area contributed by atoms with Crippen molar-refractivity contribution in [2.45, 2.75) is 39.5 Å². The number of aliphatic hydroxyl groups is 2. The van der Waals surface area contributed by atoms with Crippen molar-refractivity contribution in [1.82, 2.24) is 0 Å². The van der Waals surface area contributed by atoms with E-state index in [2.05, 4.69) is 13.8 Å². The number of ether oxygens (including phenoxy) is 1. The zero-order chi connectivity index (χ0) is 10.4. The Morgan fingerprint density at radius 3 is 1.77 bits per heavy atom. The molecule has 0 bridgehead atoms. The molecule has 82 valence electrons. The SMILES string of the molecule is CCCCOCCC.OCCCO. The molecule has 0 fully saturated rings. The Hall–Kier alpha value is -0.120. The number of rotatable bonds is 7. The summed E-state index contributed by atoms with van der Waals surface area (Å²) in [6.07, 6.45) is 4.09. The molecule has 0 unspecified atom stereocenters. The van der Waals surface area contributed by atoms with Gasteiger partial charge in [0.1, 0.15) is 0 Å². The summed E-state index contributed by atoms with van der Waals surface area (Å²) in [4.78, 5) is 0. The molecule has 0 amide bonds. The van der Waals surface area contributed by atoms with E-state index in [1.807, 2.05) is 0 Å². The largest absolute Gasteiger partial charge is 0.396 e. The molecule has 0 aromatic carbocycles. The molecule has 0 rings (SSSR count). The third-order valence-electron chi connectivity index (χ3n) is 1.31. The molecule has 0 aromatic heterocycles. The van der Waals surface area contributed by atoms with E-state index in [0.29, 0.717) is 6.42 Å². The summed E-state index contributed by atoms with van der Waals surface area (Å²) in [7, 11) is 0. The van der Waals surface area contributed by atoms with E-state index in [1.165, 1.54) is 12.8 Å². The summed E-state index contributed by atoms with van der Waals surface area (Å²) < 4.78 is 5.22. The predicted octanol–water partition coefficient (Wildman–Crippen LogP) is 1.57. The Morgan fingerprint density at radius 2 is 1.46 bits per heavy atom. The zero-order valence-corrected chi connectivity index (χ0v) is 8.96. The maximum atomic E-state index is 7.91. The van der Waals surface area contributed by atoms with Crippen LogP contribution in [0.4, 0.5) is 0 Å². The molecule has 0 aromatic rings. The highest BCUT2D eigenvalue weighted by molar-refractivity contribution is 4.30. The first-order valence-electron chi connectivity index (χ1n) is 5.12. The second kappa shape index (κ2) is 17.8. The molecule has 0 atom stereocenters. The van der Waals surface area contributed by atoms with Gasteiger partial charge in [-0.25, -0.2) is 0 Å². The summed E-state index contributed by atoms with van der Waals surface area (Å²) in [5.74, 6) is 0. The summed E-state index contributed by atoms with van der Waals surface area (Å²) in [5.41, 5.74) is 0. The quantitative estimate of drug-likeness (QED) is 0.602. The lowest BCUT2D eigenvalue weighted by Crippen LogP contribution is -1.93. The van der Waals surface area contributed by atoms with Gasteiger partial charge < -0.3 is 14.9 Å². The number of hydrogen-bond acceptors (Lipinski definition) is 3. The van der Waals surface area contributed by atoms with Crippen molar-refractivity contribution in [3.8, 4) is 0 Å². The smallest absolute Gasteiger partial charge is 0.0465 e. The van der Waals surface area contributed by atoms with Gasteiger partial charge in [0.2, 0.25) is 0 Å². The number of aliphatic hydroxyl groups excluding tert-OH is 2. The molecule has 0 aliphatic heterocycles. The molecule has 0 aliphatic carbocycles. The van der Waals surface area contributed by atoms with Gasteiger partial charge in [-0.1, -0.05) is 20.3 Å². The molecular weight excluding hydrogens is 168 g/mol. The lowest BCUT2D eigenvalue weighted by molar-refractivity contribution is 0.132. The zero-order valence-electron chi connectivity index (χ0n) is 8.96. The molecule has 0 saturated carbocycles. The van der Waals surface area contributed by atoms with Crippen LogP contribution in [-0.4, -0.2) is 36.6 Å². The normalized spacial score (nSPS) is 9.23. The van der Waals surface area contributed by atoms with Gasteiger partial charge >= 0.3 is 0 Å². The molecule has 0 spiro atoms. The van der Waals surface area contributed by atoms with Crippen molar-refractivity contribution in [2.24, 2.45) is 0 Å². The molecular formula is C10H24O3. The topological polar surface area (TPSA) is 49.7 Å². The van der Waals surface area contributed by atoms with Gasteiger partial charge in [-0.2, -0.15) is 0 Å². The Kier molecular flexibility index (Phi) is 21.1. The van der Waals surface area contributed by atoms with Crippen LogP contribution in [0.1, 0.15) is 39.5 Å². The lowest BCUT2D eigenvalue weighted by Gasteiger charge is -1.97. The van der Waals surface area contributed by atoms with Crippen LogP contribution in [0.2, 0.25) is 0 Å². The molecule has 3 nitrogen and oxygen atoms in total. The molecule has 0 heterocycles. The van der Waals surface area contributed by atoms with E-state index in [1.54, 1.807) is 0 Å². The van der Waals surface area contributed by atoms with Crippen LogP contribution in [0.15, 0.2) is 0 Å². The van der Waals surface area contributed by atoms with E-state index >= 15 is 0 Å². The molecule has 0 aliphatic rings. The van der Waals surface area contributed by atoms with E-state index in [4.69, 9.17) is 14.9 Å². The maximum absolute atomic E-state index is 7.91. The first-order valence-corrected chi connectivity index (χ1v) is 5.12. The second-order valence-electron chi connectivity index (χ2n) is 2.77. The maximum Gasteiger partial charge on any atom is 0.0465 e. The van der Waals surface area contributed by atoms with E-state index in [-0.39, 0.29) is 13.2 Å². The van der Waals surface area contributed by atoms with Crippen LogP contribution in [0.3, 0.4) is 0 Å². The van der Waals surface area contributed by atoms with Gasteiger partial charge in [-0.3, -0.25) is 0 Å². The van der Waals surface area contributed by atoms with Crippen LogP contribution in [0.5, 0.6) is 0 Å². The molecule has 0 saturated heterocycles. The van der Waals surface area contributed by atoms with Crippen LogP contribution >= 0.6 is 0 Å². The van der Waals surface area contributed by atoms with Crippen molar-refractivity contribution < 1.29 is 14.9 Å². The third kappa shape index (κ3) is 24.5. The van der Waals surface area contributed by atoms with Gasteiger partial charge in [0.25, 0.3) is 0 Å². The highest BCUT2D eigenvalue weighted by atomic mass is 16.5. The van der Waals surface area contributed by atoms with Gasteiger partial charge in [0.05, 0.1) is 0 Å². The minimum absolute atomic E-state index is 0.0938. The van der Waals surface area contributed by atoms with Crippen molar-refractivity contribution >= 4 is 0 Å². The summed E-state index contributed by atoms with van der Waals surface area (Å²) in [5, 5.41) is 15.8. The first-order chi connectivity index (χ1) is 6.33. The fourth-order valence-electron chi connectivity index (χ4n) is 0.564. The fraction of sp³-hybridized carbons (Fsp3) is 1.00. The van der Waals surface area contributed by atoms with Crippen molar-refractivity contribution in [3.05, 3.63) is 0 Å². The van der Waals surface area contributed by atoms with Gasteiger partial charge in [-0.05, 0) is 19.3 Å². The number of hydrogen-bond donors (Lipinski definition) is 2. The average Bonchev–Trinajstić information content (AvgIpc) is 2.15. The lowest BCUT2D eigenvalue weighted by atomic mass is 10.4. The highest BCUT2D eigenvalue weighted by Gasteiger charge is 1.81. The Labute approximate surface area is 81.7 Å². The minimum Gasteiger partial charge on any atom is -0.396 e. The van der Waals surface area contributed by atoms with Crippen LogP contribution < -0.4 is 0 Å². The van der Waals surface area contributed by atoms with Crippen molar-refractivity contribution in [1.29, 1.82) is 0 Å². The molecule has 13 heavy (non-hydrogen) atoms. The van der Waals surface area contributed by atoms with Crippen LogP contribution in [-0.2, 0) is 4.74 Å². The fourth-order valence-corrected chi connectivity index (χ4v) is 0.564. The summed E-state index contributed by atoms with van der Waals surface area (Å²) >= 11 is 0. The Balaban J connectivity index is 0. The third-order valence-corrected chi connectivity index (χ3v) is 1.31. The van der Waals surface area contributed by atoms with Crippen LogP contribution in [0.25, 0.3) is 0 Å². The van der Waals surface area contributed by atoms with Gasteiger partial charge in [0.15, 0.2) is 0 Å². The average molecular weight is 192 g/mol. The number of unbranched alkanes of at least 4 members (excludes halogenated alkanes) is 1. The Morgan fingerprint density at radius 1 is 0.846 bits per heavy atom. The predicted molar refractivity (Wildman–Crippen MR) is 54.8 cm³/mol. The second-order valence-corrected chi connectivity index (χ2v) is 2.77. The highest BCUT2D eigenvalue weighted by Crippen LogP contribution is 1.87. The van der Waals surface area contributed by atoms with Gasteiger partial charge in [0, 0.05) is 26.4 Å². The molecule has 0 radical (unpaired) electrons. The van der Waals surface area contributed by atoms with E-state index in [9.17, 15) is 0 Å². The standard InChI is InChI=1S/C7H16O.C3H8O2/c1-3-5-7-8-6-4-2;4-2-1-3-5/h3-7H2,1-2H3;4-5H,1-3H2. The van der Waals surface area contributed by atoms with Crippen LogP contribution in [0, 0.1) is 0 Å². The van der Waals surface area contributed by atoms with Crippen molar-refractivity contribution in [3.63, 3.8) is 0 Å². The summed E-state index contributed by atoms with van der Waals surface area (Å²) in [6, 6.07) is 0. The monoisotopic (exact) mass is 192 g/mol. The van der Waals surface area contributed by atoms with Gasteiger partial charge in [-0.15, -0.1) is 0 Å². The van der Waals surface area contributed by atoms with E-state index < -0.39 is 0 Å². The minimum atomic E-state index is 0.0938.